The molecule has 2 aromatic heterocycles. The Kier molecular flexibility index (Phi) is 9.04. The average Bonchev–Trinajstić information content (AvgIpc) is 3.33. The Labute approximate surface area is 210 Å². The van der Waals surface area contributed by atoms with Gasteiger partial charge in [0.15, 0.2) is 5.96 Å². The molecule has 33 heavy (non-hydrogen) atoms. The molecular formula is C23H29IN8O. The number of halogens is 1. The van der Waals surface area contributed by atoms with E-state index >= 15 is 0 Å². The van der Waals surface area contributed by atoms with E-state index in [1.165, 1.54) is 0 Å². The van der Waals surface area contributed by atoms with E-state index in [1.807, 2.05) is 48.7 Å². The second-order valence-electron chi connectivity index (χ2n) is 7.51. The number of nitrogens with zero attached hydrogens (tertiary/aromatic N) is 6. The van der Waals surface area contributed by atoms with Gasteiger partial charge >= 0.3 is 0 Å². The van der Waals surface area contributed by atoms with Gasteiger partial charge < -0.3 is 20.4 Å². The number of aromatic nitrogens is 3. The molecule has 3 aromatic rings. The Bertz CT molecular complexity index is 1030. The Balaban J connectivity index is 0.00000306. The Morgan fingerprint density at radius 1 is 1.06 bits per heavy atom. The molecule has 1 aromatic carbocycles. The number of aliphatic imine (C=N–C) groups is 1. The Morgan fingerprint density at radius 2 is 1.91 bits per heavy atom. The number of guanidine groups is 1. The highest BCUT2D eigenvalue weighted by Crippen LogP contribution is 2.14. The minimum Gasteiger partial charge on any atom is -0.353 e. The maximum atomic E-state index is 12.2. The molecule has 0 radical (unpaired) electrons. The first-order chi connectivity index (χ1) is 15.7. The van der Waals surface area contributed by atoms with Gasteiger partial charge in [-0.05, 0) is 35.9 Å². The molecule has 0 unspecified atom stereocenters. The molecule has 3 heterocycles. The number of anilines is 2. The number of hydrogen-bond donors (Lipinski definition) is 2. The highest BCUT2D eigenvalue weighted by molar-refractivity contribution is 14.0. The van der Waals surface area contributed by atoms with Gasteiger partial charge in [-0.3, -0.25) is 14.5 Å². The lowest BCUT2D eigenvalue weighted by Gasteiger charge is -2.37. The third kappa shape index (κ3) is 6.91. The van der Waals surface area contributed by atoms with Crippen molar-refractivity contribution in [2.24, 2.45) is 4.99 Å². The largest absolute Gasteiger partial charge is 0.353 e. The smallest absolute Gasteiger partial charge is 0.246 e. The van der Waals surface area contributed by atoms with Crippen LogP contribution in [-0.4, -0.2) is 64.8 Å². The first-order valence-electron chi connectivity index (χ1n) is 10.7. The van der Waals surface area contributed by atoms with Gasteiger partial charge in [-0.2, -0.15) is 5.10 Å². The molecule has 0 saturated carbocycles. The molecule has 1 aliphatic rings. The van der Waals surface area contributed by atoms with Gasteiger partial charge in [0, 0.05) is 64.0 Å². The van der Waals surface area contributed by atoms with Crippen molar-refractivity contribution in [2.75, 3.05) is 43.4 Å². The lowest BCUT2D eigenvalue weighted by molar-refractivity contribution is -0.116. The van der Waals surface area contributed by atoms with E-state index < -0.39 is 0 Å². The van der Waals surface area contributed by atoms with Crippen LogP contribution in [0.4, 0.5) is 11.5 Å². The predicted molar refractivity (Wildman–Crippen MR) is 141 cm³/mol. The van der Waals surface area contributed by atoms with Crippen LogP contribution >= 0.6 is 24.0 Å². The molecule has 10 heteroatoms. The van der Waals surface area contributed by atoms with E-state index in [-0.39, 0.29) is 36.4 Å². The number of carbonyl (C=O) groups is 1. The number of rotatable bonds is 6. The van der Waals surface area contributed by atoms with Crippen molar-refractivity contribution in [2.45, 2.75) is 13.1 Å². The van der Waals surface area contributed by atoms with Crippen LogP contribution in [0.3, 0.4) is 0 Å². The summed E-state index contributed by atoms with van der Waals surface area (Å²) in [5, 5.41) is 10.4. The maximum Gasteiger partial charge on any atom is 0.246 e. The first-order valence-corrected chi connectivity index (χ1v) is 10.7. The van der Waals surface area contributed by atoms with Crippen LogP contribution in [-0.2, 0) is 17.9 Å². The van der Waals surface area contributed by atoms with Crippen LogP contribution in [0.25, 0.3) is 0 Å². The molecule has 0 spiro atoms. The van der Waals surface area contributed by atoms with E-state index in [0.717, 1.165) is 49.2 Å². The summed E-state index contributed by atoms with van der Waals surface area (Å²) in [7, 11) is 1.80. The number of piperazine rings is 1. The number of benzene rings is 1. The molecule has 1 fully saturated rings. The van der Waals surface area contributed by atoms with Gasteiger partial charge in [-0.1, -0.05) is 18.2 Å². The lowest BCUT2D eigenvalue weighted by Crippen LogP contribution is -2.52. The number of pyridine rings is 1. The number of nitrogens with one attached hydrogen (secondary N) is 2. The predicted octanol–water partition coefficient (Wildman–Crippen LogP) is 2.43. The topological polar surface area (TPSA) is 90.7 Å². The normalized spacial score (nSPS) is 13.9. The van der Waals surface area contributed by atoms with Crippen molar-refractivity contribution < 1.29 is 4.79 Å². The van der Waals surface area contributed by atoms with Gasteiger partial charge in [0.05, 0.1) is 0 Å². The maximum absolute atomic E-state index is 12.2. The summed E-state index contributed by atoms with van der Waals surface area (Å²) in [5.41, 5.74) is 1.83. The fraction of sp³-hybridized carbons (Fsp3) is 0.304. The van der Waals surface area contributed by atoms with E-state index in [9.17, 15) is 4.79 Å². The zero-order valence-corrected chi connectivity index (χ0v) is 20.9. The van der Waals surface area contributed by atoms with Crippen LogP contribution in [0.2, 0.25) is 0 Å². The summed E-state index contributed by atoms with van der Waals surface area (Å²) in [6.07, 6.45) is 5.25. The highest BCUT2D eigenvalue weighted by Gasteiger charge is 2.20. The number of carbonyl (C=O) groups excluding carboxylic acids is 1. The molecule has 174 valence electrons. The lowest BCUT2D eigenvalue weighted by atomic mass is 10.2. The van der Waals surface area contributed by atoms with E-state index in [0.29, 0.717) is 6.54 Å². The van der Waals surface area contributed by atoms with Crippen molar-refractivity contribution in [3.05, 3.63) is 72.7 Å². The van der Waals surface area contributed by atoms with Crippen LogP contribution in [0.1, 0.15) is 5.56 Å². The van der Waals surface area contributed by atoms with Crippen molar-refractivity contribution in [1.82, 2.24) is 25.0 Å². The zero-order valence-electron chi connectivity index (χ0n) is 18.6. The standard InChI is InChI=1S/C23H28N8O.HI/c1-24-23(30-14-12-29(13-15-30)21-8-2-3-9-25-21)26-17-19-6-4-7-20(16-19)28-22(32)18-31-11-5-10-27-31;/h2-11,16H,12-15,17-18H2,1H3,(H,24,26)(H,28,32);1H. The van der Waals surface area contributed by atoms with Gasteiger partial charge in [0.2, 0.25) is 5.91 Å². The van der Waals surface area contributed by atoms with E-state index in [1.54, 1.807) is 30.2 Å². The summed E-state index contributed by atoms with van der Waals surface area (Å²) in [6.45, 7) is 4.35. The van der Waals surface area contributed by atoms with E-state index in [4.69, 9.17) is 0 Å². The van der Waals surface area contributed by atoms with Gasteiger partial charge in [0.25, 0.3) is 0 Å². The van der Waals surface area contributed by atoms with Crippen LogP contribution in [0.5, 0.6) is 0 Å². The molecule has 1 amide bonds. The molecule has 0 bridgehead atoms. The third-order valence-corrected chi connectivity index (χ3v) is 5.29. The number of hydrogen-bond acceptors (Lipinski definition) is 5. The monoisotopic (exact) mass is 560 g/mol. The van der Waals surface area contributed by atoms with Gasteiger partial charge in [-0.25, -0.2) is 4.98 Å². The fourth-order valence-electron chi connectivity index (χ4n) is 3.70. The summed E-state index contributed by atoms with van der Waals surface area (Å²) in [5.74, 6) is 1.78. The third-order valence-electron chi connectivity index (χ3n) is 5.29. The van der Waals surface area contributed by atoms with Crippen LogP contribution in [0, 0.1) is 0 Å². The van der Waals surface area contributed by atoms with Crippen molar-refractivity contribution >= 4 is 47.3 Å². The zero-order chi connectivity index (χ0) is 22.2. The van der Waals surface area contributed by atoms with Gasteiger partial charge in [-0.15, -0.1) is 24.0 Å². The van der Waals surface area contributed by atoms with Crippen LogP contribution in [0.15, 0.2) is 72.1 Å². The second kappa shape index (κ2) is 12.2. The first kappa shape index (κ1) is 24.5. The highest BCUT2D eigenvalue weighted by atomic mass is 127. The van der Waals surface area contributed by atoms with Crippen molar-refractivity contribution in [3.63, 3.8) is 0 Å². The van der Waals surface area contributed by atoms with Crippen LogP contribution < -0.4 is 15.5 Å². The quantitative estimate of drug-likeness (QED) is 0.274. The molecule has 1 aliphatic heterocycles. The summed E-state index contributed by atoms with van der Waals surface area (Å²) >= 11 is 0. The second-order valence-corrected chi connectivity index (χ2v) is 7.51. The summed E-state index contributed by atoms with van der Waals surface area (Å²) < 4.78 is 1.60. The fourth-order valence-corrected chi connectivity index (χ4v) is 3.70. The number of amides is 1. The molecule has 4 rings (SSSR count). The molecular weight excluding hydrogens is 531 g/mol. The molecule has 1 saturated heterocycles. The summed E-state index contributed by atoms with van der Waals surface area (Å²) in [4.78, 5) is 25.7. The van der Waals surface area contributed by atoms with E-state index in [2.05, 4.69) is 35.5 Å². The van der Waals surface area contributed by atoms with Crippen molar-refractivity contribution in [3.8, 4) is 0 Å². The molecule has 0 aliphatic carbocycles. The Hall–Kier alpha value is -3.15. The van der Waals surface area contributed by atoms with Crippen molar-refractivity contribution in [1.29, 1.82) is 0 Å². The van der Waals surface area contributed by atoms with Gasteiger partial charge in [0.1, 0.15) is 12.4 Å². The molecule has 2 N–H and O–H groups in total. The average molecular weight is 560 g/mol. The Morgan fingerprint density at radius 3 is 2.61 bits per heavy atom. The summed E-state index contributed by atoms with van der Waals surface area (Å²) in [6, 6.07) is 15.6. The minimum absolute atomic E-state index is 0. The SMILES string of the molecule is CN=C(NCc1cccc(NC(=O)Cn2cccn2)c1)N1CCN(c2ccccn2)CC1.I. The molecule has 0 atom stereocenters. The molecule has 9 nitrogen and oxygen atoms in total. The minimum atomic E-state index is -0.111.